The van der Waals surface area contributed by atoms with Crippen LogP contribution in [0.25, 0.3) is 0 Å². The van der Waals surface area contributed by atoms with Crippen LogP contribution in [0.3, 0.4) is 0 Å². The van der Waals surface area contributed by atoms with Crippen molar-refractivity contribution >= 4 is 32.4 Å². The first-order chi connectivity index (χ1) is 6.40. The molecule has 0 rings (SSSR count). The Kier molecular flexibility index (Phi) is 5.32. The van der Waals surface area contributed by atoms with Crippen molar-refractivity contribution in [2.75, 3.05) is 11.9 Å². The van der Waals surface area contributed by atoms with Crippen molar-refractivity contribution in [3.05, 3.63) is 0 Å². The second kappa shape index (κ2) is 5.02. The summed E-state index contributed by atoms with van der Waals surface area (Å²) in [4.78, 5) is 0. The summed E-state index contributed by atoms with van der Waals surface area (Å²) in [6.07, 6.45) is 0. The van der Waals surface area contributed by atoms with Crippen LogP contribution in [0.4, 0.5) is 0 Å². The minimum Gasteiger partial charge on any atom is -0.345 e. The average Bonchev–Trinajstić information content (AvgIpc) is 1.96. The molecule has 4 heteroatoms. The molecule has 0 aliphatic heterocycles. The third kappa shape index (κ3) is 5.66. The van der Waals surface area contributed by atoms with Gasteiger partial charge in [-0.05, 0) is 12.0 Å². The normalized spacial score (nSPS) is 14.8. The largest absolute Gasteiger partial charge is 0.345 e. The fraction of sp³-hybridized carbons (Fsp3) is 1.00. The van der Waals surface area contributed by atoms with Crippen molar-refractivity contribution in [2.24, 2.45) is 5.41 Å². The van der Waals surface area contributed by atoms with Gasteiger partial charge in [0.25, 0.3) is 0 Å². The van der Waals surface area contributed by atoms with Gasteiger partial charge in [0.1, 0.15) is 16.5 Å². The third-order valence-electron chi connectivity index (χ3n) is 2.57. The zero-order chi connectivity index (χ0) is 12.5. The first-order valence-electron chi connectivity index (χ1n) is 5.74. The van der Waals surface area contributed by atoms with Gasteiger partial charge >= 0.3 is 0 Å². The van der Waals surface area contributed by atoms with Gasteiger partial charge in [0.2, 0.25) is 0 Å². The molecule has 0 aliphatic rings. The molecule has 0 saturated heterocycles. The van der Waals surface area contributed by atoms with E-state index in [9.17, 15) is 0 Å². The van der Waals surface area contributed by atoms with Crippen LogP contribution in [-0.2, 0) is 0 Å². The molecule has 0 aromatic heterocycles. The van der Waals surface area contributed by atoms with Crippen LogP contribution in [0.5, 0.6) is 0 Å². The number of rotatable bonds is 5. The molecule has 0 fully saturated rings. The van der Waals surface area contributed by atoms with Gasteiger partial charge < -0.3 is 4.23 Å². The Bertz CT molecular complexity index is 190. The summed E-state index contributed by atoms with van der Waals surface area (Å²) in [6, 6.07) is 0. The molecule has 0 spiro atoms. The quantitative estimate of drug-likeness (QED) is 0.538. The molecule has 0 radical (unpaired) electrons. The molecule has 92 valence electrons. The van der Waals surface area contributed by atoms with E-state index in [1.807, 2.05) is 0 Å². The molecule has 0 bridgehead atoms. The monoisotopic (exact) mass is 309 g/mol. The molecule has 1 nitrogen and oxygen atoms in total. The van der Waals surface area contributed by atoms with Crippen molar-refractivity contribution < 1.29 is 0 Å². The van der Waals surface area contributed by atoms with Crippen LogP contribution >= 0.6 is 15.9 Å². The zero-order valence-electron chi connectivity index (χ0n) is 11.7. The Morgan fingerprint density at radius 3 is 1.47 bits per heavy atom. The highest BCUT2D eigenvalue weighted by atomic mass is 79.9. The zero-order valence-corrected chi connectivity index (χ0v) is 15.3. The summed E-state index contributed by atoms with van der Waals surface area (Å²) in [6.45, 7) is 20.8. The molecule has 0 amide bonds. The van der Waals surface area contributed by atoms with E-state index < -0.39 is 16.5 Å². The summed E-state index contributed by atoms with van der Waals surface area (Å²) in [5, 5.41) is 1.09. The van der Waals surface area contributed by atoms with E-state index in [0.29, 0.717) is 5.41 Å². The van der Waals surface area contributed by atoms with E-state index in [1.165, 1.54) is 6.54 Å². The topological polar surface area (TPSA) is 3.24 Å². The van der Waals surface area contributed by atoms with Gasteiger partial charge in [0.05, 0.1) is 0 Å². The standard InChI is InChI=1S/C11H28BrNSi2/c1-11(2,9-12)10-13(14(3,4)5)15(6,7)8/h9-10H2,1-8H3. The SMILES string of the molecule is CC(C)(CBr)CN([Si](C)(C)C)[Si](C)(C)C. The summed E-state index contributed by atoms with van der Waals surface area (Å²) in [5.41, 5.74) is 0.389. The van der Waals surface area contributed by atoms with Gasteiger partial charge in [-0.15, -0.1) is 0 Å². The van der Waals surface area contributed by atoms with Gasteiger partial charge in [0, 0.05) is 5.33 Å². The predicted molar refractivity (Wildman–Crippen MR) is 81.0 cm³/mol. The lowest BCUT2D eigenvalue weighted by molar-refractivity contribution is 0.353. The highest BCUT2D eigenvalue weighted by molar-refractivity contribution is 9.09. The molecule has 0 atom stereocenters. The van der Waals surface area contributed by atoms with Crippen molar-refractivity contribution in [3.63, 3.8) is 0 Å². The lowest BCUT2D eigenvalue weighted by atomic mass is 9.98. The summed E-state index contributed by atoms with van der Waals surface area (Å²) in [5.74, 6) is 0. The van der Waals surface area contributed by atoms with Gasteiger partial charge in [-0.1, -0.05) is 69.1 Å². The average molecular weight is 310 g/mol. The third-order valence-corrected chi connectivity index (χ3v) is 11.7. The van der Waals surface area contributed by atoms with E-state index in [1.54, 1.807) is 0 Å². The fourth-order valence-corrected chi connectivity index (χ4v) is 12.0. The molecule has 0 N–H and O–H groups in total. The second-order valence-corrected chi connectivity index (χ2v) is 18.0. The summed E-state index contributed by atoms with van der Waals surface area (Å²) < 4.78 is 2.86. The first kappa shape index (κ1) is 15.9. The van der Waals surface area contributed by atoms with E-state index in [2.05, 4.69) is 73.3 Å². The number of halogens is 1. The van der Waals surface area contributed by atoms with Crippen LogP contribution in [0, 0.1) is 5.41 Å². The smallest absolute Gasteiger partial charge is 0.112 e. The van der Waals surface area contributed by atoms with Gasteiger partial charge in [0.15, 0.2) is 0 Å². The highest BCUT2D eigenvalue weighted by Crippen LogP contribution is 2.27. The maximum Gasteiger partial charge on any atom is 0.112 e. The molecule has 0 saturated carbocycles. The van der Waals surface area contributed by atoms with Crippen LogP contribution in [0.15, 0.2) is 0 Å². The Hall–Kier alpha value is 0.874. The van der Waals surface area contributed by atoms with Crippen LogP contribution in [-0.4, -0.2) is 32.6 Å². The Labute approximate surface area is 107 Å². The molecule has 15 heavy (non-hydrogen) atoms. The maximum atomic E-state index is 3.64. The number of hydrogen-bond donors (Lipinski definition) is 0. The fourth-order valence-electron chi connectivity index (χ4n) is 1.95. The van der Waals surface area contributed by atoms with E-state index >= 15 is 0 Å². The molecular weight excluding hydrogens is 282 g/mol. The van der Waals surface area contributed by atoms with Crippen LogP contribution in [0.2, 0.25) is 39.3 Å². The van der Waals surface area contributed by atoms with Crippen molar-refractivity contribution in [1.29, 1.82) is 0 Å². The summed E-state index contributed by atoms with van der Waals surface area (Å²) >= 11 is 3.64. The van der Waals surface area contributed by atoms with Gasteiger partial charge in [-0.3, -0.25) is 0 Å². The van der Waals surface area contributed by atoms with E-state index in [4.69, 9.17) is 0 Å². The van der Waals surface area contributed by atoms with Gasteiger partial charge in [-0.2, -0.15) is 0 Å². The van der Waals surface area contributed by atoms with Crippen LogP contribution in [0.1, 0.15) is 13.8 Å². The molecule has 0 aliphatic carbocycles. The Morgan fingerprint density at radius 2 is 1.27 bits per heavy atom. The number of hydrogen-bond acceptors (Lipinski definition) is 1. The molecular formula is C11H28BrNSi2. The Balaban J connectivity index is 4.85. The summed E-state index contributed by atoms with van der Waals surface area (Å²) in [7, 11) is -2.35. The van der Waals surface area contributed by atoms with E-state index in [0.717, 1.165) is 5.33 Å². The lowest BCUT2D eigenvalue weighted by Gasteiger charge is -2.47. The molecule has 0 aromatic rings. The van der Waals surface area contributed by atoms with E-state index in [-0.39, 0.29) is 0 Å². The minimum absolute atomic E-state index is 0.389. The minimum atomic E-state index is -1.17. The number of nitrogens with zero attached hydrogens (tertiary/aromatic N) is 1. The molecule has 0 heterocycles. The lowest BCUT2D eigenvalue weighted by Crippen LogP contribution is -2.61. The predicted octanol–water partition coefficient (Wildman–Crippen LogP) is 4.38. The van der Waals surface area contributed by atoms with Crippen molar-refractivity contribution in [3.8, 4) is 0 Å². The van der Waals surface area contributed by atoms with Crippen LogP contribution < -0.4 is 0 Å². The van der Waals surface area contributed by atoms with Crippen molar-refractivity contribution in [2.45, 2.75) is 53.1 Å². The number of alkyl halides is 1. The maximum absolute atomic E-state index is 3.64. The molecule has 0 aromatic carbocycles. The second-order valence-electron chi connectivity index (χ2n) is 7.23. The highest BCUT2D eigenvalue weighted by Gasteiger charge is 2.37. The Morgan fingerprint density at radius 1 is 0.933 bits per heavy atom. The molecule has 0 unspecified atom stereocenters. The first-order valence-corrected chi connectivity index (χ1v) is 13.8. The van der Waals surface area contributed by atoms with Crippen molar-refractivity contribution in [1.82, 2.24) is 4.23 Å². The van der Waals surface area contributed by atoms with Gasteiger partial charge in [-0.25, -0.2) is 0 Å².